The molecule has 0 spiro atoms. The third-order valence-electron chi connectivity index (χ3n) is 4.45. The van der Waals surface area contributed by atoms with Crippen molar-refractivity contribution in [3.8, 4) is 11.6 Å². The van der Waals surface area contributed by atoms with Crippen molar-refractivity contribution in [3.05, 3.63) is 60.2 Å². The number of hydrogen-bond donors (Lipinski definition) is 3. The number of nitrogens with zero attached hydrogens (tertiary/aromatic N) is 3. The van der Waals surface area contributed by atoms with Gasteiger partial charge >= 0.3 is 0 Å². The predicted molar refractivity (Wildman–Crippen MR) is 117 cm³/mol. The second-order valence-corrected chi connectivity index (χ2v) is 6.66. The molecule has 0 saturated carbocycles. The van der Waals surface area contributed by atoms with Gasteiger partial charge in [-0.2, -0.15) is 0 Å². The van der Waals surface area contributed by atoms with Crippen LogP contribution in [0, 0.1) is 0 Å². The Hall–Kier alpha value is -4.47. The minimum atomic E-state index is -0.720. The summed E-state index contributed by atoms with van der Waals surface area (Å²) in [6.07, 6.45) is 2.88. The number of methoxy groups -OCH3 is 1. The number of aromatic hydroxyl groups is 1. The SMILES string of the molecule is COc1ccc(C=CC(=O)NCC(=O)N=Nc2c(O)n(CC(N)=O)c3ccccc23)cc1. The van der Waals surface area contributed by atoms with Crippen LogP contribution in [0.3, 0.4) is 0 Å². The van der Waals surface area contributed by atoms with Gasteiger partial charge in [0.05, 0.1) is 12.6 Å². The highest BCUT2D eigenvalue weighted by Crippen LogP contribution is 2.38. The molecule has 10 heteroatoms. The lowest BCUT2D eigenvalue weighted by Crippen LogP contribution is -2.26. The van der Waals surface area contributed by atoms with E-state index in [0.717, 1.165) is 5.56 Å². The number of aromatic nitrogens is 1. The second kappa shape index (κ2) is 10.0. The number of nitrogens with two attached hydrogens (primary N) is 1. The van der Waals surface area contributed by atoms with Crippen LogP contribution >= 0.6 is 0 Å². The summed E-state index contributed by atoms with van der Waals surface area (Å²) in [6.45, 7) is -0.637. The number of para-hydroxylation sites is 1. The van der Waals surface area contributed by atoms with E-state index in [-0.39, 0.29) is 24.7 Å². The zero-order valence-electron chi connectivity index (χ0n) is 17.2. The maximum atomic E-state index is 12.0. The van der Waals surface area contributed by atoms with Crippen molar-refractivity contribution in [2.24, 2.45) is 16.0 Å². The molecule has 0 fully saturated rings. The van der Waals surface area contributed by atoms with Crippen LogP contribution in [0.1, 0.15) is 5.56 Å². The summed E-state index contributed by atoms with van der Waals surface area (Å²) in [4.78, 5) is 35.2. The molecule has 3 aromatic rings. The van der Waals surface area contributed by atoms with Crippen molar-refractivity contribution in [2.45, 2.75) is 6.54 Å². The van der Waals surface area contributed by atoms with Crippen molar-refractivity contribution < 1.29 is 24.2 Å². The van der Waals surface area contributed by atoms with Crippen LogP contribution in [-0.4, -0.2) is 41.0 Å². The number of ether oxygens (including phenoxy) is 1. The Morgan fingerprint density at radius 2 is 1.88 bits per heavy atom. The molecule has 3 amide bonds. The van der Waals surface area contributed by atoms with Crippen molar-refractivity contribution in [1.29, 1.82) is 0 Å². The van der Waals surface area contributed by atoms with Crippen LogP contribution in [0.25, 0.3) is 17.0 Å². The number of fused-ring (bicyclic) bond motifs is 1. The highest BCUT2D eigenvalue weighted by atomic mass is 16.5. The van der Waals surface area contributed by atoms with Gasteiger partial charge in [0.25, 0.3) is 5.91 Å². The summed E-state index contributed by atoms with van der Waals surface area (Å²) in [5, 5.41) is 20.7. The summed E-state index contributed by atoms with van der Waals surface area (Å²) in [5.74, 6) is -1.49. The smallest absolute Gasteiger partial charge is 0.283 e. The molecule has 0 bridgehead atoms. The third kappa shape index (κ3) is 5.36. The summed E-state index contributed by atoms with van der Waals surface area (Å²) in [7, 11) is 1.56. The van der Waals surface area contributed by atoms with E-state index in [2.05, 4.69) is 15.5 Å². The van der Waals surface area contributed by atoms with E-state index in [4.69, 9.17) is 10.5 Å². The number of azo groups is 1. The largest absolute Gasteiger partial charge is 0.497 e. The summed E-state index contributed by atoms with van der Waals surface area (Å²) in [5.41, 5.74) is 6.56. The Labute approximate surface area is 183 Å². The van der Waals surface area contributed by atoms with Crippen LogP contribution in [0.4, 0.5) is 5.69 Å². The second-order valence-electron chi connectivity index (χ2n) is 6.66. The van der Waals surface area contributed by atoms with Crippen LogP contribution in [0.15, 0.2) is 64.8 Å². The summed E-state index contributed by atoms with van der Waals surface area (Å²) < 4.78 is 6.35. The standard InChI is InChI=1S/C22H21N5O5/c1-32-15-9-6-14(7-10-15)8-11-19(29)24-12-20(30)25-26-21-16-4-2-3-5-17(16)27(22(21)31)13-18(23)28/h2-11,31H,12-13H2,1H3,(H2,23,28)(H,24,29). The molecule has 10 nitrogen and oxygen atoms in total. The van der Waals surface area contributed by atoms with Gasteiger partial charge in [-0.1, -0.05) is 30.3 Å². The molecule has 0 unspecified atom stereocenters. The first-order chi connectivity index (χ1) is 15.4. The lowest BCUT2D eigenvalue weighted by atomic mass is 10.2. The van der Waals surface area contributed by atoms with E-state index in [0.29, 0.717) is 16.7 Å². The van der Waals surface area contributed by atoms with Gasteiger partial charge in [0.15, 0.2) is 5.69 Å². The van der Waals surface area contributed by atoms with Gasteiger partial charge in [0.2, 0.25) is 17.7 Å². The highest BCUT2D eigenvalue weighted by molar-refractivity contribution is 5.97. The minimum absolute atomic E-state index is 0.0286. The first-order valence-electron chi connectivity index (χ1n) is 9.52. The van der Waals surface area contributed by atoms with Crippen molar-refractivity contribution in [2.75, 3.05) is 13.7 Å². The number of nitrogens with one attached hydrogen (secondary N) is 1. The van der Waals surface area contributed by atoms with Crippen molar-refractivity contribution in [3.63, 3.8) is 0 Å². The molecule has 1 heterocycles. The van der Waals surface area contributed by atoms with Crippen LogP contribution < -0.4 is 15.8 Å². The number of benzene rings is 2. The number of hydrogen-bond acceptors (Lipinski definition) is 6. The Morgan fingerprint density at radius 1 is 1.16 bits per heavy atom. The molecule has 0 atom stereocenters. The Kier molecular flexibility index (Phi) is 6.96. The number of primary amides is 1. The first-order valence-corrected chi connectivity index (χ1v) is 9.52. The fourth-order valence-electron chi connectivity index (χ4n) is 2.94. The molecule has 2 aromatic carbocycles. The fraction of sp³-hybridized carbons (Fsp3) is 0.136. The van der Waals surface area contributed by atoms with Crippen LogP contribution in [-0.2, 0) is 20.9 Å². The minimum Gasteiger partial charge on any atom is -0.497 e. The molecular weight excluding hydrogens is 414 g/mol. The van der Waals surface area contributed by atoms with Crippen LogP contribution in [0.2, 0.25) is 0 Å². The maximum Gasteiger partial charge on any atom is 0.283 e. The van der Waals surface area contributed by atoms with Gasteiger partial charge in [0, 0.05) is 11.5 Å². The Morgan fingerprint density at radius 3 is 2.56 bits per heavy atom. The van der Waals surface area contributed by atoms with Gasteiger partial charge in [0.1, 0.15) is 18.8 Å². The average Bonchev–Trinajstić information content (AvgIpc) is 3.05. The van der Waals surface area contributed by atoms with E-state index in [1.54, 1.807) is 61.7 Å². The lowest BCUT2D eigenvalue weighted by Gasteiger charge is -2.02. The van der Waals surface area contributed by atoms with Crippen molar-refractivity contribution in [1.82, 2.24) is 9.88 Å². The van der Waals surface area contributed by atoms with E-state index < -0.39 is 17.7 Å². The topological polar surface area (TPSA) is 148 Å². The molecule has 3 rings (SSSR count). The normalized spacial score (nSPS) is 11.3. The maximum absolute atomic E-state index is 12.0. The van der Waals surface area contributed by atoms with E-state index >= 15 is 0 Å². The zero-order valence-corrected chi connectivity index (χ0v) is 17.2. The molecular formula is C22H21N5O5. The monoisotopic (exact) mass is 435 g/mol. The quantitative estimate of drug-likeness (QED) is 0.367. The molecule has 1 aromatic heterocycles. The average molecular weight is 435 g/mol. The van der Waals surface area contributed by atoms with E-state index in [1.807, 2.05) is 0 Å². The number of rotatable bonds is 8. The fourth-order valence-corrected chi connectivity index (χ4v) is 2.94. The van der Waals surface area contributed by atoms with E-state index in [1.165, 1.54) is 10.6 Å². The van der Waals surface area contributed by atoms with E-state index in [9.17, 15) is 19.5 Å². The lowest BCUT2D eigenvalue weighted by molar-refractivity contribution is -0.122. The summed E-state index contributed by atoms with van der Waals surface area (Å²) in [6, 6.07) is 13.9. The Bertz CT molecular complexity index is 1210. The Balaban J connectivity index is 1.63. The predicted octanol–water partition coefficient (Wildman–Crippen LogP) is 2.28. The van der Waals surface area contributed by atoms with Gasteiger partial charge < -0.3 is 25.5 Å². The summed E-state index contributed by atoms with van der Waals surface area (Å²) >= 11 is 0. The number of amides is 3. The van der Waals surface area contributed by atoms with Gasteiger partial charge in [-0.15, -0.1) is 10.2 Å². The molecule has 4 N–H and O–H groups in total. The molecule has 32 heavy (non-hydrogen) atoms. The number of carbonyl (C=O) groups is 3. The van der Waals surface area contributed by atoms with Crippen molar-refractivity contribution >= 4 is 40.4 Å². The highest BCUT2D eigenvalue weighted by Gasteiger charge is 2.17. The first kappa shape index (κ1) is 22.2. The third-order valence-corrected chi connectivity index (χ3v) is 4.45. The molecule has 0 saturated heterocycles. The van der Waals surface area contributed by atoms with Gasteiger partial charge in [-0.05, 0) is 29.8 Å². The molecule has 0 radical (unpaired) electrons. The molecule has 0 aliphatic rings. The zero-order chi connectivity index (χ0) is 23.1. The molecule has 0 aliphatic heterocycles. The number of carbonyl (C=O) groups excluding carboxylic acids is 3. The van der Waals surface area contributed by atoms with Gasteiger partial charge in [-0.25, -0.2) is 0 Å². The molecule has 164 valence electrons. The molecule has 0 aliphatic carbocycles. The van der Waals surface area contributed by atoms with Crippen LogP contribution in [0.5, 0.6) is 11.6 Å². The van der Waals surface area contributed by atoms with Gasteiger partial charge in [-0.3, -0.25) is 14.4 Å².